The summed E-state index contributed by atoms with van der Waals surface area (Å²) in [6.45, 7) is 1.83. The predicted molar refractivity (Wildman–Crippen MR) is 96.2 cm³/mol. The van der Waals surface area contributed by atoms with Crippen molar-refractivity contribution in [3.63, 3.8) is 0 Å². The Balaban J connectivity index is 1.38. The van der Waals surface area contributed by atoms with E-state index < -0.39 is 0 Å². The Morgan fingerprint density at radius 3 is 3.00 bits per heavy atom. The van der Waals surface area contributed by atoms with Gasteiger partial charge in [-0.3, -0.25) is 4.90 Å². The summed E-state index contributed by atoms with van der Waals surface area (Å²) in [4.78, 5) is 7.30. The molecule has 3 aromatic heterocycles. The summed E-state index contributed by atoms with van der Waals surface area (Å²) in [5.74, 6) is 1.39. The summed E-state index contributed by atoms with van der Waals surface area (Å²) < 4.78 is 12.1. The van der Waals surface area contributed by atoms with Crippen LogP contribution in [0.15, 0.2) is 57.7 Å². The lowest BCUT2D eigenvalue weighted by atomic mass is 10.2. The monoisotopic (exact) mass is 351 g/mol. The van der Waals surface area contributed by atoms with Crippen LogP contribution < -0.4 is 0 Å². The zero-order valence-corrected chi connectivity index (χ0v) is 14.4. The van der Waals surface area contributed by atoms with Gasteiger partial charge in [-0.05, 0) is 43.7 Å². The average Bonchev–Trinajstić information content (AvgIpc) is 3.41. The topological polar surface area (TPSA) is 55.3 Å². The molecule has 1 unspecified atom stereocenters. The fourth-order valence-corrected chi connectivity index (χ4v) is 4.59. The molecule has 0 aliphatic carbocycles. The van der Waals surface area contributed by atoms with Crippen molar-refractivity contribution >= 4 is 21.6 Å². The summed E-state index contributed by atoms with van der Waals surface area (Å²) in [5.41, 5.74) is 2.02. The summed E-state index contributed by atoms with van der Waals surface area (Å²) in [6.07, 6.45) is 3.97. The third-order valence-corrected chi connectivity index (χ3v) is 5.78. The van der Waals surface area contributed by atoms with Gasteiger partial charge in [0.1, 0.15) is 5.01 Å². The number of furan rings is 1. The van der Waals surface area contributed by atoms with E-state index in [9.17, 15) is 0 Å². The van der Waals surface area contributed by atoms with Crippen molar-refractivity contribution in [1.82, 2.24) is 15.0 Å². The second-order valence-corrected chi connectivity index (χ2v) is 7.37. The number of rotatable bonds is 4. The summed E-state index contributed by atoms with van der Waals surface area (Å²) in [5, 5.41) is 5.42. The van der Waals surface area contributed by atoms with Gasteiger partial charge in [0.05, 0.1) is 28.2 Å². The number of para-hydroxylation sites is 1. The molecule has 4 aromatic rings. The zero-order chi connectivity index (χ0) is 16.6. The highest BCUT2D eigenvalue weighted by Crippen LogP contribution is 2.37. The Labute approximate surface area is 148 Å². The first-order valence-corrected chi connectivity index (χ1v) is 9.27. The molecular formula is C19H17N3O2S. The Hall–Kier alpha value is -2.44. The number of nitrogens with zero attached hydrogens (tertiary/aromatic N) is 3. The Bertz CT molecular complexity index is 956. The summed E-state index contributed by atoms with van der Waals surface area (Å²) in [6, 6.07) is 14.4. The van der Waals surface area contributed by atoms with Gasteiger partial charge in [-0.1, -0.05) is 17.3 Å². The number of benzene rings is 1. The lowest BCUT2D eigenvalue weighted by molar-refractivity contribution is 0.240. The van der Waals surface area contributed by atoms with Gasteiger partial charge in [0, 0.05) is 12.6 Å². The summed E-state index contributed by atoms with van der Waals surface area (Å²) >= 11 is 1.80. The van der Waals surface area contributed by atoms with Crippen molar-refractivity contribution in [3.8, 4) is 11.5 Å². The minimum absolute atomic E-state index is 0.362. The number of aromatic nitrogens is 2. The van der Waals surface area contributed by atoms with Gasteiger partial charge in [-0.25, -0.2) is 4.98 Å². The molecule has 4 heterocycles. The highest BCUT2D eigenvalue weighted by Gasteiger charge is 2.29. The van der Waals surface area contributed by atoms with Crippen molar-refractivity contribution < 1.29 is 8.94 Å². The molecule has 0 spiro atoms. The van der Waals surface area contributed by atoms with Gasteiger partial charge in [-0.2, -0.15) is 0 Å². The lowest BCUT2D eigenvalue weighted by Crippen LogP contribution is -2.22. The molecule has 126 valence electrons. The van der Waals surface area contributed by atoms with E-state index in [-0.39, 0.29) is 0 Å². The van der Waals surface area contributed by atoms with E-state index in [4.69, 9.17) is 13.9 Å². The van der Waals surface area contributed by atoms with E-state index in [1.165, 1.54) is 16.1 Å². The van der Waals surface area contributed by atoms with Gasteiger partial charge in [0.15, 0.2) is 5.76 Å². The maximum absolute atomic E-state index is 5.42. The number of likely N-dealkylation sites (tertiary alicyclic amines) is 1. The Kier molecular flexibility index (Phi) is 3.64. The average molecular weight is 351 g/mol. The first-order valence-electron chi connectivity index (χ1n) is 8.46. The molecule has 1 aliphatic rings. The number of hydrogen-bond donors (Lipinski definition) is 0. The van der Waals surface area contributed by atoms with Crippen molar-refractivity contribution in [2.45, 2.75) is 25.4 Å². The van der Waals surface area contributed by atoms with Gasteiger partial charge >= 0.3 is 0 Å². The van der Waals surface area contributed by atoms with Gasteiger partial charge in [0.25, 0.3) is 0 Å². The molecule has 1 aromatic carbocycles. The minimum Gasteiger partial charge on any atom is -0.461 e. The molecule has 5 rings (SSSR count). The fourth-order valence-electron chi connectivity index (χ4n) is 3.46. The van der Waals surface area contributed by atoms with Crippen LogP contribution in [0.25, 0.3) is 21.7 Å². The highest BCUT2D eigenvalue weighted by atomic mass is 32.1. The molecule has 0 bridgehead atoms. The maximum Gasteiger partial charge on any atom is 0.202 e. The van der Waals surface area contributed by atoms with Crippen LogP contribution in [0, 0.1) is 0 Å². The molecule has 0 radical (unpaired) electrons. The third kappa shape index (κ3) is 2.77. The quantitative estimate of drug-likeness (QED) is 0.524. The van der Waals surface area contributed by atoms with Crippen LogP contribution in [0.3, 0.4) is 0 Å². The van der Waals surface area contributed by atoms with Crippen LogP contribution in [0.1, 0.15) is 29.6 Å². The van der Waals surface area contributed by atoms with Crippen LogP contribution in [0.5, 0.6) is 0 Å². The molecular weight excluding hydrogens is 334 g/mol. The van der Waals surface area contributed by atoms with Crippen molar-refractivity contribution in [3.05, 3.63) is 59.4 Å². The first kappa shape index (κ1) is 14.9. The van der Waals surface area contributed by atoms with E-state index in [2.05, 4.69) is 28.3 Å². The third-order valence-electron chi connectivity index (χ3n) is 4.65. The Morgan fingerprint density at radius 2 is 2.12 bits per heavy atom. The standard InChI is InChI=1S/C19H17N3O2S/c1-2-8-18-14(5-1)20-19(25-18)15-6-3-9-22(15)12-13-11-17(24-21-13)16-7-4-10-23-16/h1-2,4-5,7-8,10-11,15H,3,6,9,12H2. The number of fused-ring (bicyclic) bond motifs is 1. The van der Waals surface area contributed by atoms with Crippen molar-refractivity contribution in [1.29, 1.82) is 0 Å². The molecule has 0 amide bonds. The first-order chi connectivity index (χ1) is 12.4. The van der Waals surface area contributed by atoms with E-state index >= 15 is 0 Å². The second kappa shape index (κ2) is 6.13. The smallest absolute Gasteiger partial charge is 0.202 e. The number of hydrogen-bond acceptors (Lipinski definition) is 6. The maximum atomic E-state index is 5.42. The molecule has 1 aliphatic heterocycles. The van der Waals surface area contributed by atoms with E-state index in [1.54, 1.807) is 17.6 Å². The van der Waals surface area contributed by atoms with E-state index in [0.717, 1.165) is 30.7 Å². The zero-order valence-electron chi connectivity index (χ0n) is 13.6. The molecule has 5 nitrogen and oxygen atoms in total. The Morgan fingerprint density at radius 1 is 1.16 bits per heavy atom. The molecule has 25 heavy (non-hydrogen) atoms. The normalized spacial score (nSPS) is 18.3. The molecule has 1 atom stereocenters. The van der Waals surface area contributed by atoms with Gasteiger partial charge < -0.3 is 8.94 Å². The SMILES string of the molecule is c1coc(-c2cc(CN3CCCC3c3nc4ccccc4s3)no2)c1. The summed E-state index contributed by atoms with van der Waals surface area (Å²) in [7, 11) is 0. The van der Waals surface area contributed by atoms with Crippen molar-refractivity contribution in [2.75, 3.05) is 6.54 Å². The molecule has 0 N–H and O–H groups in total. The largest absolute Gasteiger partial charge is 0.461 e. The van der Waals surface area contributed by atoms with Crippen LogP contribution >= 0.6 is 11.3 Å². The van der Waals surface area contributed by atoms with E-state index in [0.29, 0.717) is 17.6 Å². The fraction of sp³-hybridized carbons (Fsp3) is 0.263. The van der Waals surface area contributed by atoms with Gasteiger partial charge in [-0.15, -0.1) is 11.3 Å². The van der Waals surface area contributed by atoms with Crippen LogP contribution in [0.2, 0.25) is 0 Å². The minimum atomic E-state index is 0.362. The second-order valence-electron chi connectivity index (χ2n) is 6.31. The lowest BCUT2D eigenvalue weighted by Gasteiger charge is -2.21. The predicted octanol–water partition coefficient (Wildman–Crippen LogP) is 4.88. The highest BCUT2D eigenvalue weighted by molar-refractivity contribution is 7.18. The van der Waals surface area contributed by atoms with Crippen LogP contribution in [0.4, 0.5) is 0 Å². The molecule has 6 heteroatoms. The number of thiazole rings is 1. The van der Waals surface area contributed by atoms with Gasteiger partial charge in [0.2, 0.25) is 5.76 Å². The molecule has 1 saturated heterocycles. The van der Waals surface area contributed by atoms with Crippen LogP contribution in [-0.4, -0.2) is 21.6 Å². The van der Waals surface area contributed by atoms with Crippen molar-refractivity contribution in [2.24, 2.45) is 0 Å². The van der Waals surface area contributed by atoms with Crippen LogP contribution in [-0.2, 0) is 6.54 Å². The van der Waals surface area contributed by atoms with E-state index in [1.807, 2.05) is 24.3 Å². The molecule has 1 fully saturated rings. The molecule has 0 saturated carbocycles.